The van der Waals surface area contributed by atoms with Crippen LogP contribution in [-0.2, 0) is 6.54 Å². The fourth-order valence-corrected chi connectivity index (χ4v) is 2.54. The number of hydrogen-bond donors (Lipinski definition) is 0. The smallest absolute Gasteiger partial charge is 0.254 e. The van der Waals surface area contributed by atoms with Crippen LogP contribution in [0.5, 0.6) is 17.2 Å². The topological polar surface area (TPSA) is 116 Å². The molecule has 0 saturated carbocycles. The van der Waals surface area contributed by atoms with Gasteiger partial charge in [-0.05, 0) is 23.8 Å². The maximum absolute atomic E-state index is 13.0. The molecule has 0 saturated heterocycles. The summed E-state index contributed by atoms with van der Waals surface area (Å²) in [6.45, 7) is 0.659. The second-order valence-corrected chi connectivity index (χ2v) is 5.41. The molecular weight excluding hydrogens is 350 g/mol. The van der Waals surface area contributed by atoms with E-state index in [-0.39, 0.29) is 17.8 Å². The molecule has 1 aromatic carbocycles. The van der Waals surface area contributed by atoms with Gasteiger partial charge < -0.3 is 24.6 Å². The van der Waals surface area contributed by atoms with Crippen molar-refractivity contribution in [3.8, 4) is 23.3 Å². The lowest BCUT2D eigenvalue weighted by molar-refractivity contribution is 0.0746. The van der Waals surface area contributed by atoms with E-state index in [0.717, 1.165) is 5.56 Å². The van der Waals surface area contributed by atoms with E-state index in [4.69, 9.17) is 19.5 Å². The fourth-order valence-electron chi connectivity index (χ4n) is 2.54. The van der Waals surface area contributed by atoms with Gasteiger partial charge in [0.05, 0.1) is 33.8 Å². The molecular formula is C19H23N3O5. The van der Waals surface area contributed by atoms with Crippen LogP contribution < -0.4 is 14.2 Å². The molecule has 0 atom stereocenters. The zero-order chi connectivity index (χ0) is 18.9. The van der Waals surface area contributed by atoms with Gasteiger partial charge in [0.2, 0.25) is 5.75 Å². The molecule has 0 aliphatic rings. The summed E-state index contributed by atoms with van der Waals surface area (Å²) in [7, 11) is 4.49. The van der Waals surface area contributed by atoms with E-state index in [0.29, 0.717) is 35.9 Å². The first-order valence-corrected chi connectivity index (χ1v) is 7.99. The molecule has 0 fully saturated rings. The molecule has 2 aromatic rings. The van der Waals surface area contributed by atoms with E-state index < -0.39 is 0 Å². The number of nitrogens with zero attached hydrogens (tertiary/aromatic N) is 3. The van der Waals surface area contributed by atoms with E-state index in [1.165, 1.54) is 21.3 Å². The highest BCUT2D eigenvalue weighted by atomic mass is 16.5. The van der Waals surface area contributed by atoms with Crippen molar-refractivity contribution >= 4 is 5.91 Å². The minimum Gasteiger partial charge on any atom is -0.493 e. The average molecular weight is 373 g/mol. The number of pyridine rings is 1. The molecule has 1 amide bonds. The summed E-state index contributed by atoms with van der Waals surface area (Å²) in [5, 5.41) is 8.91. The molecule has 0 radical (unpaired) electrons. The predicted octanol–water partition coefficient (Wildman–Crippen LogP) is 1.84. The van der Waals surface area contributed by atoms with E-state index >= 15 is 0 Å². The van der Waals surface area contributed by atoms with Crippen molar-refractivity contribution < 1.29 is 24.5 Å². The van der Waals surface area contributed by atoms with Gasteiger partial charge >= 0.3 is 0 Å². The van der Waals surface area contributed by atoms with Crippen LogP contribution in [0.3, 0.4) is 0 Å². The van der Waals surface area contributed by atoms with Crippen molar-refractivity contribution in [2.75, 3.05) is 27.9 Å². The monoisotopic (exact) mass is 373 g/mol. The van der Waals surface area contributed by atoms with Gasteiger partial charge in [-0.15, -0.1) is 0 Å². The van der Waals surface area contributed by atoms with Gasteiger partial charge in [-0.25, -0.2) is 0 Å². The quantitative estimate of drug-likeness (QED) is 0.697. The Hall–Kier alpha value is -3.31. The van der Waals surface area contributed by atoms with Crippen molar-refractivity contribution in [2.24, 2.45) is 0 Å². The largest absolute Gasteiger partial charge is 0.493 e. The predicted molar refractivity (Wildman–Crippen MR) is 98.9 cm³/mol. The third kappa shape index (κ3) is 5.33. The molecule has 2 rings (SSSR count). The Morgan fingerprint density at radius 2 is 1.85 bits per heavy atom. The summed E-state index contributed by atoms with van der Waals surface area (Å²) in [6.07, 6.45) is 3.60. The molecule has 1 aromatic heterocycles. The number of hydrogen-bond acceptors (Lipinski definition) is 6. The van der Waals surface area contributed by atoms with Crippen molar-refractivity contribution in [1.29, 1.82) is 5.26 Å². The lowest BCUT2D eigenvalue weighted by atomic mass is 10.1. The van der Waals surface area contributed by atoms with Gasteiger partial charge in [0.1, 0.15) is 0 Å². The van der Waals surface area contributed by atoms with Crippen LogP contribution in [0, 0.1) is 11.3 Å². The van der Waals surface area contributed by atoms with E-state index in [9.17, 15) is 4.79 Å². The van der Waals surface area contributed by atoms with Crippen molar-refractivity contribution in [2.45, 2.75) is 13.0 Å². The molecule has 2 N–H and O–H groups in total. The minimum absolute atomic E-state index is 0. The third-order valence-electron chi connectivity index (χ3n) is 3.79. The van der Waals surface area contributed by atoms with Crippen LogP contribution in [0.25, 0.3) is 0 Å². The summed E-state index contributed by atoms with van der Waals surface area (Å²) in [5.41, 5.74) is 1.27. The van der Waals surface area contributed by atoms with Gasteiger partial charge in [-0.2, -0.15) is 5.26 Å². The van der Waals surface area contributed by atoms with Gasteiger partial charge in [0.15, 0.2) is 11.5 Å². The molecule has 27 heavy (non-hydrogen) atoms. The highest BCUT2D eigenvalue weighted by molar-refractivity contribution is 5.95. The van der Waals surface area contributed by atoms with Gasteiger partial charge in [-0.3, -0.25) is 9.78 Å². The maximum Gasteiger partial charge on any atom is 0.254 e. The van der Waals surface area contributed by atoms with Gasteiger partial charge in [-0.1, -0.05) is 6.07 Å². The van der Waals surface area contributed by atoms with Crippen molar-refractivity contribution in [3.63, 3.8) is 0 Å². The zero-order valence-electron chi connectivity index (χ0n) is 15.6. The van der Waals surface area contributed by atoms with E-state index in [1.54, 1.807) is 29.4 Å². The molecule has 8 heteroatoms. The highest BCUT2D eigenvalue weighted by Crippen LogP contribution is 2.38. The number of carbonyl (C=O) groups excluding carboxylic acids is 1. The SMILES string of the molecule is COc1cc(C(=O)N(CCC#N)Cc2cccnc2)cc(OC)c1OC.O. The first-order chi connectivity index (χ1) is 12.6. The Kier molecular flexibility index (Phi) is 8.56. The highest BCUT2D eigenvalue weighted by Gasteiger charge is 2.21. The Bertz CT molecular complexity index is 765. The lowest BCUT2D eigenvalue weighted by Gasteiger charge is -2.23. The Labute approximate surface area is 158 Å². The summed E-state index contributed by atoms with van der Waals surface area (Å²) >= 11 is 0. The molecule has 0 spiro atoms. The van der Waals surface area contributed by atoms with Crippen LogP contribution in [0.15, 0.2) is 36.7 Å². The first kappa shape index (κ1) is 21.7. The van der Waals surface area contributed by atoms with Crippen LogP contribution in [0.1, 0.15) is 22.3 Å². The summed E-state index contributed by atoms with van der Waals surface area (Å²) in [6, 6.07) is 8.97. The number of benzene rings is 1. The van der Waals surface area contributed by atoms with Crippen LogP contribution >= 0.6 is 0 Å². The second-order valence-electron chi connectivity index (χ2n) is 5.41. The molecule has 0 aliphatic heterocycles. The molecule has 8 nitrogen and oxygen atoms in total. The van der Waals surface area contributed by atoms with Gasteiger partial charge in [0, 0.05) is 31.0 Å². The number of methoxy groups -OCH3 is 3. The molecule has 0 aliphatic carbocycles. The van der Waals surface area contributed by atoms with Crippen LogP contribution in [0.2, 0.25) is 0 Å². The third-order valence-corrected chi connectivity index (χ3v) is 3.79. The van der Waals surface area contributed by atoms with E-state index in [1.807, 2.05) is 12.1 Å². The molecule has 144 valence electrons. The van der Waals surface area contributed by atoms with Crippen molar-refractivity contribution in [3.05, 3.63) is 47.8 Å². The number of aromatic nitrogens is 1. The average Bonchev–Trinajstić information content (AvgIpc) is 2.70. The Morgan fingerprint density at radius 1 is 1.19 bits per heavy atom. The number of rotatable bonds is 8. The molecule has 0 unspecified atom stereocenters. The molecule has 1 heterocycles. The molecule has 0 bridgehead atoms. The minimum atomic E-state index is -0.233. The summed E-state index contributed by atoms with van der Waals surface area (Å²) < 4.78 is 15.9. The zero-order valence-corrected chi connectivity index (χ0v) is 15.6. The van der Waals surface area contributed by atoms with Crippen LogP contribution in [0.4, 0.5) is 0 Å². The maximum atomic E-state index is 13.0. The lowest BCUT2D eigenvalue weighted by Crippen LogP contribution is -2.31. The fraction of sp³-hybridized carbons (Fsp3) is 0.316. The standard InChI is InChI=1S/C19H21N3O4.H2O/c1-24-16-10-15(11-17(25-2)18(16)26-3)19(23)22(9-5-7-20)13-14-6-4-8-21-12-14;/h4,6,8,10-12H,5,9,13H2,1-3H3;1H2. The number of amides is 1. The number of carbonyl (C=O) groups is 1. The summed E-state index contributed by atoms with van der Waals surface area (Å²) in [5.74, 6) is 0.986. The Morgan fingerprint density at radius 3 is 2.33 bits per heavy atom. The first-order valence-electron chi connectivity index (χ1n) is 7.99. The van der Waals surface area contributed by atoms with Crippen molar-refractivity contribution in [1.82, 2.24) is 9.88 Å². The number of ether oxygens (including phenoxy) is 3. The van der Waals surface area contributed by atoms with E-state index in [2.05, 4.69) is 11.1 Å². The summed E-state index contributed by atoms with van der Waals surface area (Å²) in [4.78, 5) is 18.7. The second kappa shape index (κ2) is 10.6. The Balaban J connectivity index is 0.00000364. The van der Waals surface area contributed by atoms with Gasteiger partial charge in [0.25, 0.3) is 5.91 Å². The number of nitriles is 1. The van der Waals surface area contributed by atoms with Crippen LogP contribution in [-0.4, -0.2) is 49.1 Å². The normalized spacial score (nSPS) is 9.56.